The summed E-state index contributed by atoms with van der Waals surface area (Å²) >= 11 is -2.71. The molecule has 6 aromatic rings. The van der Waals surface area contributed by atoms with Gasteiger partial charge in [0.05, 0.1) is 26.4 Å². The molecule has 5 N–H and O–H groups in total. The van der Waals surface area contributed by atoms with Crippen LogP contribution in [0, 0.1) is 0 Å². The minimum absolute atomic E-state index is 0.0910. The lowest BCUT2D eigenvalue weighted by molar-refractivity contribution is 0.122. The van der Waals surface area contributed by atoms with Gasteiger partial charge in [-0.2, -0.15) is 38.3 Å². The Labute approximate surface area is 353 Å². The van der Waals surface area contributed by atoms with Crippen molar-refractivity contribution in [3.8, 4) is 0 Å². The molecule has 2 fully saturated rings. The van der Waals surface area contributed by atoms with Gasteiger partial charge >= 0.3 is 0 Å². The zero-order valence-corrected chi connectivity index (χ0v) is 34.0. The second-order valence-corrected chi connectivity index (χ2v) is 15.8. The zero-order valence-electron chi connectivity index (χ0n) is 32.3. The molecule has 2 aliphatic rings. The number of aromatic nitrogens is 6. The number of nitrogens with one attached hydrogen (secondary N) is 4. The van der Waals surface area contributed by atoms with Gasteiger partial charge in [0.15, 0.2) is 0 Å². The van der Waals surface area contributed by atoms with Gasteiger partial charge in [-0.25, -0.2) is 0 Å². The van der Waals surface area contributed by atoms with Crippen LogP contribution in [0.3, 0.4) is 0 Å². The lowest BCUT2D eigenvalue weighted by atomic mass is 10.1. The van der Waals surface area contributed by atoms with E-state index in [1.54, 1.807) is 18.2 Å². The van der Waals surface area contributed by atoms with Crippen LogP contribution >= 0.6 is 0 Å². The zero-order chi connectivity index (χ0) is 42.2. The molecule has 0 spiro atoms. The maximum absolute atomic E-state index is 12.7. The lowest BCUT2D eigenvalue weighted by Gasteiger charge is -2.27. The summed E-state index contributed by atoms with van der Waals surface area (Å²) in [5, 5.41) is 12.5. The fraction of sp³-hybridized carbons (Fsp3) is 0.200. The molecule has 2 aliphatic heterocycles. The molecule has 1 atom stereocenters. The first-order chi connectivity index (χ1) is 29.6. The number of benzene rings is 4. The highest BCUT2D eigenvalue weighted by Crippen LogP contribution is 2.29. The summed E-state index contributed by atoms with van der Waals surface area (Å²) < 4.78 is 71.8. The molecule has 8 rings (SSSR count). The number of rotatable bonds is 14. The van der Waals surface area contributed by atoms with Crippen molar-refractivity contribution < 1.29 is 31.2 Å². The number of ether oxygens (including phenoxy) is 2. The van der Waals surface area contributed by atoms with E-state index in [0.29, 0.717) is 70.2 Å². The highest BCUT2D eigenvalue weighted by Gasteiger charge is 2.20. The maximum Gasteiger partial charge on any atom is 0.295 e. The van der Waals surface area contributed by atoms with E-state index in [4.69, 9.17) is 9.47 Å². The second-order valence-electron chi connectivity index (χ2n) is 13.5. The van der Waals surface area contributed by atoms with E-state index < -0.39 is 26.1 Å². The van der Waals surface area contributed by atoms with E-state index in [0.717, 1.165) is 11.4 Å². The molecule has 0 amide bonds. The number of morpholine rings is 2. The molecule has 314 valence electrons. The van der Waals surface area contributed by atoms with Crippen LogP contribution in [0.5, 0.6) is 0 Å². The Kier molecular flexibility index (Phi) is 12.6. The van der Waals surface area contributed by atoms with Crippen molar-refractivity contribution in [2.45, 2.75) is 9.79 Å². The van der Waals surface area contributed by atoms with Crippen LogP contribution in [0.4, 0.5) is 58.4 Å². The van der Waals surface area contributed by atoms with Crippen molar-refractivity contribution in [3.05, 3.63) is 108 Å². The van der Waals surface area contributed by atoms with Crippen LogP contribution in [0.25, 0.3) is 12.2 Å². The normalized spacial score (nSPS) is 15.0. The molecule has 2 saturated heterocycles. The molecule has 21 heteroatoms. The maximum atomic E-state index is 12.7. The predicted octanol–water partition coefficient (Wildman–Crippen LogP) is 5.36. The molecule has 0 aliphatic carbocycles. The third kappa shape index (κ3) is 10.8. The van der Waals surface area contributed by atoms with Crippen molar-refractivity contribution in [2.75, 3.05) is 83.7 Å². The average molecular weight is 864 g/mol. The van der Waals surface area contributed by atoms with Gasteiger partial charge in [0.25, 0.3) is 10.1 Å². The van der Waals surface area contributed by atoms with Gasteiger partial charge in [-0.15, -0.1) is 0 Å². The topological polar surface area (TPSA) is 245 Å². The second kappa shape index (κ2) is 18.8. The van der Waals surface area contributed by atoms with E-state index in [2.05, 4.69) is 51.2 Å². The van der Waals surface area contributed by atoms with Crippen molar-refractivity contribution in [2.24, 2.45) is 0 Å². The Morgan fingerprint density at radius 2 is 0.984 bits per heavy atom. The molecule has 4 heterocycles. The molecular weight excluding hydrogens is 825 g/mol. The molecular formula is C40H39N12O7S2-. The number of anilines is 10. The lowest BCUT2D eigenvalue weighted by Crippen LogP contribution is -2.37. The number of hydrogen-bond acceptors (Lipinski definition) is 18. The van der Waals surface area contributed by atoms with Crippen molar-refractivity contribution in [1.29, 1.82) is 0 Å². The molecule has 0 saturated carbocycles. The van der Waals surface area contributed by atoms with Gasteiger partial charge < -0.3 is 45.1 Å². The monoisotopic (exact) mass is 863 g/mol. The minimum atomic E-state index is -4.78. The standard InChI is InChI=1S/C40H40N12O7S2/c53-60(54)33-25-31(43-37-45-35(41-29-7-3-1-4-8-29)47-39(49-37)51-17-21-58-22-18-51)15-13-27(33)11-12-28-14-16-32(26-34(28)61(55,56)57)44-38-46-36(42-30-9-5-2-6-10-30)48-40(50-38)52-19-23-59-24-20-52/h1-16,25-26H,17-24H2,(H,53,54)(H,55,56,57)(H2,41,43,45,47,49)(H2,42,44,46,48,50)/p-1/b12-11+. The summed E-state index contributed by atoms with van der Waals surface area (Å²) in [6.45, 7) is 4.32. The van der Waals surface area contributed by atoms with Crippen molar-refractivity contribution in [1.82, 2.24) is 29.9 Å². The fourth-order valence-corrected chi connectivity index (χ4v) is 7.63. The van der Waals surface area contributed by atoms with Gasteiger partial charge in [-0.1, -0.05) is 60.7 Å². The Hall–Kier alpha value is -6.62. The van der Waals surface area contributed by atoms with Crippen LogP contribution in [-0.4, -0.2) is 104 Å². The minimum Gasteiger partial charge on any atom is -0.768 e. The Morgan fingerprint density at radius 3 is 1.43 bits per heavy atom. The number of para-hydroxylation sites is 2. The van der Waals surface area contributed by atoms with E-state index in [9.17, 15) is 21.7 Å². The Bertz CT molecular complexity index is 2650. The molecule has 0 bridgehead atoms. The van der Waals surface area contributed by atoms with Crippen molar-refractivity contribution in [3.63, 3.8) is 0 Å². The summed E-state index contributed by atoms with van der Waals surface area (Å²) in [4.78, 5) is 30.8. The SMILES string of the molecule is O=S([O-])c1cc(Nc2nc(Nc3ccccc3)nc(N3CCOCC3)n2)ccc1/C=C/c1ccc(Nc2nc(Nc3ccccc3)nc(N3CCOCC3)n2)cc1S(=O)(=O)O. The van der Waals surface area contributed by atoms with Gasteiger partial charge in [-0.3, -0.25) is 8.76 Å². The van der Waals surface area contributed by atoms with Crippen LogP contribution in [0.15, 0.2) is 107 Å². The predicted molar refractivity (Wildman–Crippen MR) is 231 cm³/mol. The summed E-state index contributed by atoms with van der Waals surface area (Å²) in [5.41, 5.74) is 2.48. The van der Waals surface area contributed by atoms with E-state index in [1.807, 2.05) is 70.5 Å². The molecule has 61 heavy (non-hydrogen) atoms. The first kappa shape index (κ1) is 41.1. The highest BCUT2D eigenvalue weighted by molar-refractivity contribution is 7.86. The third-order valence-electron chi connectivity index (χ3n) is 9.33. The van der Waals surface area contributed by atoms with Gasteiger partial charge in [0.2, 0.25) is 35.7 Å². The largest absolute Gasteiger partial charge is 0.768 e. The molecule has 0 radical (unpaired) electrons. The molecule has 19 nitrogen and oxygen atoms in total. The average Bonchev–Trinajstić information content (AvgIpc) is 3.27. The molecule has 1 unspecified atom stereocenters. The van der Waals surface area contributed by atoms with E-state index >= 15 is 0 Å². The van der Waals surface area contributed by atoms with Gasteiger partial charge in [0, 0.05) is 53.8 Å². The third-order valence-corrected chi connectivity index (χ3v) is 11.0. The first-order valence-corrected chi connectivity index (χ1v) is 21.5. The summed E-state index contributed by atoms with van der Waals surface area (Å²) in [6, 6.07) is 27.6. The van der Waals surface area contributed by atoms with E-state index in [1.165, 1.54) is 30.4 Å². The first-order valence-electron chi connectivity index (χ1n) is 19.0. The quantitative estimate of drug-likeness (QED) is 0.0526. The highest BCUT2D eigenvalue weighted by atomic mass is 32.2. The summed E-state index contributed by atoms with van der Waals surface area (Å²) in [5.74, 6) is 1.63. The van der Waals surface area contributed by atoms with Crippen LogP contribution in [0.2, 0.25) is 0 Å². The summed E-state index contributed by atoms with van der Waals surface area (Å²) in [6.07, 6.45) is 2.84. The Morgan fingerprint density at radius 1 is 0.574 bits per heavy atom. The summed E-state index contributed by atoms with van der Waals surface area (Å²) in [7, 11) is -4.78. The van der Waals surface area contributed by atoms with Crippen LogP contribution < -0.4 is 31.1 Å². The van der Waals surface area contributed by atoms with Gasteiger partial charge in [-0.05, 0) is 70.7 Å². The molecule has 2 aromatic heterocycles. The van der Waals surface area contributed by atoms with Crippen LogP contribution in [-0.2, 0) is 30.7 Å². The fourth-order valence-electron chi connectivity index (χ4n) is 6.37. The molecule has 4 aromatic carbocycles. The van der Waals surface area contributed by atoms with Crippen molar-refractivity contribution >= 4 is 91.8 Å². The Balaban J connectivity index is 1.05. The van der Waals surface area contributed by atoms with Crippen LogP contribution in [0.1, 0.15) is 11.1 Å². The van der Waals surface area contributed by atoms with E-state index in [-0.39, 0.29) is 45.5 Å². The van der Waals surface area contributed by atoms with Gasteiger partial charge in [0.1, 0.15) is 4.90 Å². The number of hydrogen-bond donors (Lipinski definition) is 5. The number of nitrogens with zero attached hydrogens (tertiary/aromatic N) is 8. The smallest absolute Gasteiger partial charge is 0.295 e.